The van der Waals surface area contributed by atoms with Gasteiger partial charge in [0.25, 0.3) is 5.56 Å². The van der Waals surface area contributed by atoms with Gasteiger partial charge < -0.3 is 4.90 Å². The number of nitrogens with one attached hydrogen (secondary N) is 1. The normalized spacial score (nSPS) is 20.1. The summed E-state index contributed by atoms with van der Waals surface area (Å²) in [6, 6.07) is 5.34. The van der Waals surface area contributed by atoms with Crippen molar-refractivity contribution in [1.82, 2.24) is 19.4 Å². The fraction of sp³-hybridized carbons (Fsp3) is 0.412. The number of aliphatic imine (C=N–C) groups is 1. The van der Waals surface area contributed by atoms with Gasteiger partial charge in [0.2, 0.25) is 11.9 Å². The van der Waals surface area contributed by atoms with Crippen LogP contribution >= 0.6 is 0 Å². The molecule has 24 heavy (non-hydrogen) atoms. The summed E-state index contributed by atoms with van der Waals surface area (Å²) in [5.41, 5.74) is 1.46. The van der Waals surface area contributed by atoms with Crippen molar-refractivity contribution in [2.45, 2.75) is 32.4 Å². The van der Waals surface area contributed by atoms with E-state index in [9.17, 15) is 4.79 Å². The fourth-order valence-corrected chi connectivity index (χ4v) is 3.25. The molecule has 1 N–H and O–H groups in total. The molecule has 4 rings (SSSR count). The number of piperidine rings is 1. The molecule has 4 heterocycles. The van der Waals surface area contributed by atoms with Crippen LogP contribution in [-0.2, 0) is 0 Å². The van der Waals surface area contributed by atoms with Crippen LogP contribution < -0.4 is 10.9 Å². The van der Waals surface area contributed by atoms with Gasteiger partial charge in [0, 0.05) is 42.8 Å². The van der Waals surface area contributed by atoms with Crippen molar-refractivity contribution in [1.29, 1.82) is 0 Å². The molecule has 1 unspecified atom stereocenters. The Bertz CT molecular complexity index is 823. The number of rotatable bonds is 1. The van der Waals surface area contributed by atoms with Gasteiger partial charge in [-0.15, -0.1) is 0 Å². The lowest BCUT2D eigenvalue weighted by atomic mass is 10.1. The van der Waals surface area contributed by atoms with Crippen LogP contribution in [0.3, 0.4) is 0 Å². The number of aryl methyl sites for hydroxylation is 1. The smallest absolute Gasteiger partial charge is 0.257 e. The molecule has 2 aromatic heterocycles. The zero-order chi connectivity index (χ0) is 16.5. The predicted molar refractivity (Wildman–Crippen MR) is 92.1 cm³/mol. The number of aromatic nitrogens is 3. The minimum Gasteiger partial charge on any atom is -0.343 e. The van der Waals surface area contributed by atoms with Crippen LogP contribution in [0.5, 0.6) is 0 Å². The Morgan fingerprint density at radius 1 is 1.25 bits per heavy atom. The molecule has 0 aromatic carbocycles. The molecule has 2 aliphatic heterocycles. The Labute approximate surface area is 140 Å². The van der Waals surface area contributed by atoms with E-state index in [0.29, 0.717) is 11.6 Å². The molecular weight excluding hydrogens is 304 g/mol. The SMILES string of the molecule is Cc1cc(=O)n2c(n1)NC(N1CCCCC1)=NC2c1cccnc1. The van der Waals surface area contributed by atoms with Gasteiger partial charge in [-0.25, -0.2) is 9.98 Å². The molecule has 0 amide bonds. The van der Waals surface area contributed by atoms with E-state index in [1.54, 1.807) is 17.0 Å². The second-order valence-electron chi connectivity index (χ2n) is 6.21. The maximum Gasteiger partial charge on any atom is 0.257 e. The fourth-order valence-electron chi connectivity index (χ4n) is 3.25. The van der Waals surface area contributed by atoms with Crippen molar-refractivity contribution < 1.29 is 0 Å². The quantitative estimate of drug-likeness (QED) is 0.865. The monoisotopic (exact) mass is 324 g/mol. The number of anilines is 1. The summed E-state index contributed by atoms with van der Waals surface area (Å²) in [4.78, 5) is 28.3. The minimum atomic E-state index is -0.438. The summed E-state index contributed by atoms with van der Waals surface area (Å²) in [6.07, 6.45) is 6.61. The maximum atomic E-state index is 12.5. The average molecular weight is 324 g/mol. The largest absolute Gasteiger partial charge is 0.343 e. The number of fused-ring (bicyclic) bond motifs is 1. The van der Waals surface area contributed by atoms with E-state index in [0.717, 1.165) is 37.5 Å². The van der Waals surface area contributed by atoms with Crippen LogP contribution in [0.1, 0.15) is 36.7 Å². The van der Waals surface area contributed by atoms with Crippen molar-refractivity contribution in [3.05, 3.63) is 52.2 Å². The summed E-state index contributed by atoms with van der Waals surface area (Å²) in [7, 11) is 0. The van der Waals surface area contributed by atoms with Crippen LogP contribution in [0.25, 0.3) is 0 Å². The Kier molecular flexibility index (Phi) is 3.76. The Hall–Kier alpha value is -2.70. The first kappa shape index (κ1) is 14.9. The molecule has 2 aromatic rings. The highest BCUT2D eigenvalue weighted by Gasteiger charge is 2.28. The third-order valence-electron chi connectivity index (χ3n) is 4.43. The second-order valence-corrected chi connectivity index (χ2v) is 6.21. The molecule has 2 aliphatic rings. The van der Waals surface area contributed by atoms with Gasteiger partial charge in [-0.2, -0.15) is 0 Å². The molecule has 0 saturated carbocycles. The van der Waals surface area contributed by atoms with E-state index in [2.05, 4.69) is 20.2 Å². The minimum absolute atomic E-state index is 0.111. The van der Waals surface area contributed by atoms with E-state index >= 15 is 0 Å². The molecule has 0 aliphatic carbocycles. The Balaban J connectivity index is 1.82. The molecule has 0 bridgehead atoms. The third-order valence-corrected chi connectivity index (χ3v) is 4.43. The van der Waals surface area contributed by atoms with Gasteiger partial charge in [-0.1, -0.05) is 6.07 Å². The standard InChI is InChI=1S/C17H20N6O/c1-12-10-14(24)23-15(13-6-5-7-18-11-13)20-16(21-17(23)19-12)22-8-3-2-4-9-22/h5-7,10-11,15H,2-4,8-9H2,1H3,(H,19,20,21). The average Bonchev–Trinajstić information content (AvgIpc) is 2.62. The molecule has 7 nitrogen and oxygen atoms in total. The lowest BCUT2D eigenvalue weighted by molar-refractivity contribution is 0.335. The summed E-state index contributed by atoms with van der Waals surface area (Å²) >= 11 is 0. The molecule has 1 atom stereocenters. The third kappa shape index (κ3) is 2.66. The molecule has 124 valence electrons. The van der Waals surface area contributed by atoms with Crippen molar-refractivity contribution in [3.63, 3.8) is 0 Å². The highest BCUT2D eigenvalue weighted by Crippen LogP contribution is 2.26. The molecule has 1 fully saturated rings. The van der Waals surface area contributed by atoms with E-state index in [1.165, 1.54) is 12.5 Å². The van der Waals surface area contributed by atoms with Crippen LogP contribution in [0, 0.1) is 6.92 Å². The summed E-state index contributed by atoms with van der Waals surface area (Å²) in [5.74, 6) is 1.34. The van der Waals surface area contributed by atoms with Crippen LogP contribution in [-0.4, -0.2) is 38.5 Å². The lowest BCUT2D eigenvalue weighted by Gasteiger charge is -2.34. The number of pyridine rings is 1. The Morgan fingerprint density at radius 3 is 2.83 bits per heavy atom. The molecular formula is C17H20N6O. The second kappa shape index (κ2) is 6.07. The van der Waals surface area contributed by atoms with Crippen molar-refractivity contribution in [3.8, 4) is 0 Å². The molecule has 0 spiro atoms. The van der Waals surface area contributed by atoms with Gasteiger partial charge in [-0.05, 0) is 32.3 Å². The topological polar surface area (TPSA) is 75.4 Å². The van der Waals surface area contributed by atoms with Crippen LogP contribution in [0.2, 0.25) is 0 Å². The summed E-state index contributed by atoms with van der Waals surface area (Å²) in [5, 5.41) is 3.26. The van der Waals surface area contributed by atoms with Crippen LogP contribution in [0.4, 0.5) is 5.95 Å². The lowest BCUT2D eigenvalue weighted by Crippen LogP contribution is -2.45. The zero-order valence-electron chi connectivity index (χ0n) is 13.6. The predicted octanol–water partition coefficient (Wildman–Crippen LogP) is 1.76. The van der Waals surface area contributed by atoms with Crippen molar-refractivity contribution >= 4 is 11.9 Å². The molecule has 7 heteroatoms. The number of guanidine groups is 1. The highest BCUT2D eigenvalue weighted by atomic mass is 16.1. The van der Waals surface area contributed by atoms with Gasteiger partial charge >= 0.3 is 0 Å². The first-order valence-corrected chi connectivity index (χ1v) is 8.32. The molecule has 1 saturated heterocycles. The Morgan fingerprint density at radius 2 is 2.08 bits per heavy atom. The number of nitrogens with zero attached hydrogens (tertiary/aromatic N) is 5. The van der Waals surface area contributed by atoms with Gasteiger partial charge in [0.15, 0.2) is 6.17 Å². The highest BCUT2D eigenvalue weighted by molar-refractivity contribution is 5.93. The summed E-state index contributed by atoms with van der Waals surface area (Å²) in [6.45, 7) is 3.78. The molecule has 0 radical (unpaired) electrons. The summed E-state index contributed by atoms with van der Waals surface area (Å²) < 4.78 is 1.59. The van der Waals surface area contributed by atoms with E-state index in [4.69, 9.17) is 4.99 Å². The first-order chi connectivity index (χ1) is 11.7. The van der Waals surface area contributed by atoms with E-state index < -0.39 is 6.17 Å². The van der Waals surface area contributed by atoms with Crippen molar-refractivity contribution in [2.75, 3.05) is 18.4 Å². The maximum absolute atomic E-state index is 12.5. The first-order valence-electron chi connectivity index (χ1n) is 8.32. The van der Waals surface area contributed by atoms with Gasteiger partial charge in [0.1, 0.15) is 0 Å². The van der Waals surface area contributed by atoms with E-state index in [-0.39, 0.29) is 5.56 Å². The number of likely N-dealkylation sites (tertiary alicyclic amines) is 1. The van der Waals surface area contributed by atoms with Gasteiger partial charge in [-0.3, -0.25) is 19.7 Å². The van der Waals surface area contributed by atoms with Crippen LogP contribution in [0.15, 0.2) is 40.4 Å². The van der Waals surface area contributed by atoms with E-state index in [1.807, 2.05) is 19.1 Å². The van der Waals surface area contributed by atoms with Crippen molar-refractivity contribution in [2.24, 2.45) is 4.99 Å². The number of hydrogen-bond acceptors (Lipinski definition) is 6. The number of hydrogen-bond donors (Lipinski definition) is 1. The van der Waals surface area contributed by atoms with Gasteiger partial charge in [0.05, 0.1) is 0 Å². The zero-order valence-corrected chi connectivity index (χ0v) is 13.6.